The zero-order valence-corrected chi connectivity index (χ0v) is 12.0. The van der Waals surface area contributed by atoms with Gasteiger partial charge in [0.05, 0.1) is 6.21 Å². The molecule has 0 radical (unpaired) electrons. The zero-order chi connectivity index (χ0) is 12.0. The van der Waals surface area contributed by atoms with Crippen molar-refractivity contribution in [2.75, 3.05) is 5.32 Å². The third kappa shape index (κ3) is 6.90. The first kappa shape index (κ1) is 15.9. The molecule has 0 unspecified atom stereocenters. The third-order valence-corrected chi connectivity index (χ3v) is 1.64. The smallest absolute Gasteiger partial charge is 0.530 e. The number of thiocarbonyl (C=S) groups is 1. The SMILES string of the molecule is NC(=S)N/N=C/c1ccc(NC(=O)[O-])cc1.[Na+]. The van der Waals surface area contributed by atoms with Crippen LogP contribution in [-0.4, -0.2) is 17.4 Å². The molecular weight excluding hydrogens is 251 g/mol. The van der Waals surface area contributed by atoms with Gasteiger partial charge in [0.1, 0.15) is 6.09 Å². The number of rotatable bonds is 3. The fourth-order valence-electron chi connectivity index (χ4n) is 0.941. The van der Waals surface area contributed by atoms with Crippen LogP contribution in [0.3, 0.4) is 0 Å². The van der Waals surface area contributed by atoms with E-state index in [0.29, 0.717) is 5.69 Å². The van der Waals surface area contributed by atoms with Gasteiger partial charge in [0.15, 0.2) is 5.11 Å². The van der Waals surface area contributed by atoms with Crippen molar-refractivity contribution in [1.29, 1.82) is 0 Å². The van der Waals surface area contributed by atoms with Gasteiger partial charge in [-0.25, -0.2) is 0 Å². The first-order valence-electron chi connectivity index (χ1n) is 4.24. The van der Waals surface area contributed by atoms with Crippen LogP contribution in [0.2, 0.25) is 0 Å². The molecule has 1 amide bonds. The number of anilines is 1. The number of benzene rings is 1. The third-order valence-electron chi connectivity index (χ3n) is 1.55. The molecular formula is C9H9N4NaO2S. The van der Waals surface area contributed by atoms with Gasteiger partial charge >= 0.3 is 29.6 Å². The van der Waals surface area contributed by atoms with Crippen molar-refractivity contribution in [2.45, 2.75) is 0 Å². The number of nitrogens with zero attached hydrogens (tertiary/aromatic N) is 1. The maximum Gasteiger partial charge on any atom is 1.00 e. The minimum atomic E-state index is -1.35. The number of nitrogens with one attached hydrogen (secondary N) is 2. The maximum atomic E-state index is 10.2. The van der Waals surface area contributed by atoms with Gasteiger partial charge < -0.3 is 21.0 Å². The molecule has 17 heavy (non-hydrogen) atoms. The van der Waals surface area contributed by atoms with E-state index in [1.54, 1.807) is 24.3 Å². The standard InChI is InChI=1S/C9H10N4O2S.Na/c10-8(16)13-11-5-6-1-3-7(4-2-6)12-9(14)15;/h1-5,12H,(H,14,15)(H3,10,13,16);/q;+1/p-1/b11-5+;. The number of carbonyl (C=O) groups is 1. The average Bonchev–Trinajstić information content (AvgIpc) is 2.19. The van der Waals surface area contributed by atoms with Crippen molar-refractivity contribution in [3.63, 3.8) is 0 Å². The van der Waals surface area contributed by atoms with E-state index in [0.717, 1.165) is 5.56 Å². The minimum Gasteiger partial charge on any atom is -0.530 e. The fraction of sp³-hybridized carbons (Fsp3) is 0. The molecule has 6 nitrogen and oxygen atoms in total. The molecule has 0 saturated heterocycles. The summed E-state index contributed by atoms with van der Waals surface area (Å²) in [5.74, 6) is 0. The second-order valence-electron chi connectivity index (χ2n) is 2.77. The van der Waals surface area contributed by atoms with Crippen LogP contribution in [-0.2, 0) is 0 Å². The number of hydrogen-bond donors (Lipinski definition) is 3. The van der Waals surface area contributed by atoms with E-state index in [1.165, 1.54) is 6.21 Å². The summed E-state index contributed by atoms with van der Waals surface area (Å²) in [5.41, 5.74) is 8.76. The Balaban J connectivity index is 0.00000256. The molecule has 1 rings (SSSR count). The molecule has 0 heterocycles. The maximum absolute atomic E-state index is 10.2. The van der Waals surface area contributed by atoms with Crippen molar-refractivity contribution in [1.82, 2.24) is 5.43 Å². The molecule has 0 aliphatic carbocycles. The molecule has 8 heteroatoms. The van der Waals surface area contributed by atoms with Crippen molar-refractivity contribution in [3.8, 4) is 0 Å². The van der Waals surface area contributed by atoms with E-state index in [1.807, 2.05) is 0 Å². The molecule has 0 spiro atoms. The van der Waals surface area contributed by atoms with E-state index in [2.05, 4.69) is 28.1 Å². The number of carboxylic acid groups (broad SMARTS) is 1. The molecule has 4 N–H and O–H groups in total. The zero-order valence-electron chi connectivity index (χ0n) is 9.14. The predicted molar refractivity (Wildman–Crippen MR) is 63.0 cm³/mol. The summed E-state index contributed by atoms with van der Waals surface area (Å²) in [4.78, 5) is 10.2. The second-order valence-corrected chi connectivity index (χ2v) is 3.21. The Morgan fingerprint density at radius 3 is 2.47 bits per heavy atom. The fourth-order valence-corrected chi connectivity index (χ4v) is 0.994. The van der Waals surface area contributed by atoms with E-state index in [-0.39, 0.29) is 34.7 Å². The largest absolute Gasteiger partial charge is 1.00 e. The molecule has 0 aliphatic rings. The molecule has 1 aromatic carbocycles. The van der Waals surface area contributed by atoms with E-state index >= 15 is 0 Å². The first-order valence-corrected chi connectivity index (χ1v) is 4.65. The first-order chi connectivity index (χ1) is 7.58. The summed E-state index contributed by atoms with van der Waals surface area (Å²) < 4.78 is 0. The number of hydrazone groups is 1. The summed E-state index contributed by atoms with van der Waals surface area (Å²) in [6, 6.07) is 6.52. The molecule has 1 aromatic rings. The molecule has 0 fully saturated rings. The molecule has 0 aliphatic heterocycles. The van der Waals surface area contributed by atoms with Gasteiger partial charge in [-0.2, -0.15) is 5.10 Å². The summed E-state index contributed by atoms with van der Waals surface area (Å²) in [7, 11) is 0. The Kier molecular flexibility index (Phi) is 7.47. The van der Waals surface area contributed by atoms with Crippen LogP contribution in [0.5, 0.6) is 0 Å². The van der Waals surface area contributed by atoms with Crippen LogP contribution < -0.4 is 51.1 Å². The molecule has 0 saturated carbocycles. The monoisotopic (exact) mass is 260 g/mol. The molecule has 84 valence electrons. The molecule has 0 atom stereocenters. The van der Waals surface area contributed by atoms with Crippen molar-refractivity contribution >= 4 is 35.3 Å². The van der Waals surface area contributed by atoms with Crippen LogP contribution in [0.1, 0.15) is 5.56 Å². The van der Waals surface area contributed by atoms with Gasteiger partial charge in [0, 0.05) is 5.69 Å². The van der Waals surface area contributed by atoms with Gasteiger partial charge in [0.2, 0.25) is 0 Å². The van der Waals surface area contributed by atoms with Crippen molar-refractivity contribution < 1.29 is 39.5 Å². The van der Waals surface area contributed by atoms with E-state index in [9.17, 15) is 9.90 Å². The summed E-state index contributed by atoms with van der Waals surface area (Å²) in [6.45, 7) is 0. The van der Waals surface area contributed by atoms with Gasteiger partial charge in [-0.3, -0.25) is 5.43 Å². The van der Waals surface area contributed by atoms with Crippen LogP contribution >= 0.6 is 12.2 Å². The quantitative estimate of drug-likeness (QED) is 0.228. The Morgan fingerprint density at radius 2 is 2.00 bits per heavy atom. The summed E-state index contributed by atoms with van der Waals surface area (Å²) in [6.07, 6.45) is 0.152. The van der Waals surface area contributed by atoms with Gasteiger partial charge in [0.25, 0.3) is 0 Å². The molecule has 0 bridgehead atoms. The Bertz CT molecular complexity index is 422. The van der Waals surface area contributed by atoms with Gasteiger partial charge in [-0.05, 0) is 29.9 Å². The average molecular weight is 260 g/mol. The minimum absolute atomic E-state index is 0. The Labute approximate surface area is 126 Å². The normalized spacial score (nSPS) is 9.41. The second kappa shape index (κ2) is 8.02. The topological polar surface area (TPSA) is 103 Å². The molecule has 0 aromatic heterocycles. The Hall–Kier alpha value is -1.15. The van der Waals surface area contributed by atoms with Crippen LogP contribution in [0.15, 0.2) is 29.4 Å². The summed E-state index contributed by atoms with van der Waals surface area (Å²) >= 11 is 4.55. The van der Waals surface area contributed by atoms with Crippen molar-refractivity contribution in [3.05, 3.63) is 29.8 Å². The predicted octanol–water partition coefficient (Wildman–Crippen LogP) is -3.39. The van der Waals surface area contributed by atoms with E-state index in [4.69, 9.17) is 5.73 Å². The number of carbonyl (C=O) groups excluding carboxylic acids is 1. The van der Waals surface area contributed by atoms with Crippen molar-refractivity contribution in [2.24, 2.45) is 10.8 Å². The number of hydrogen-bond acceptors (Lipinski definition) is 4. The van der Waals surface area contributed by atoms with Gasteiger partial charge in [-0.1, -0.05) is 12.1 Å². The number of nitrogens with two attached hydrogens (primary N) is 1. The number of amides is 1. The van der Waals surface area contributed by atoms with Crippen LogP contribution in [0.25, 0.3) is 0 Å². The van der Waals surface area contributed by atoms with E-state index < -0.39 is 6.09 Å². The van der Waals surface area contributed by atoms with Crippen LogP contribution in [0, 0.1) is 0 Å². The van der Waals surface area contributed by atoms with Crippen LogP contribution in [0.4, 0.5) is 10.5 Å². The Morgan fingerprint density at radius 1 is 1.41 bits per heavy atom. The van der Waals surface area contributed by atoms with Gasteiger partial charge in [-0.15, -0.1) is 0 Å². The summed E-state index contributed by atoms with van der Waals surface area (Å²) in [5, 5.41) is 16.1.